The molecule has 0 radical (unpaired) electrons. The highest BCUT2D eigenvalue weighted by atomic mass is 32.1. The standard InChI is InChI=1S/C12H12O2S2/c13-12(11(16)4-6-15)9-1-2-10-8(7-9)3-5-14-10/h1-3,5,7,11,15-16H,4,6H2. The smallest absolute Gasteiger partial charge is 0.175 e. The minimum atomic E-state index is -0.276. The summed E-state index contributed by atoms with van der Waals surface area (Å²) in [7, 11) is 0. The highest BCUT2D eigenvalue weighted by Gasteiger charge is 2.15. The molecule has 1 atom stereocenters. The predicted octanol–water partition coefficient (Wildman–Crippen LogP) is 3.23. The molecule has 1 aromatic heterocycles. The summed E-state index contributed by atoms with van der Waals surface area (Å²) in [6.07, 6.45) is 2.29. The Labute approximate surface area is 105 Å². The van der Waals surface area contributed by atoms with Crippen molar-refractivity contribution in [2.24, 2.45) is 0 Å². The van der Waals surface area contributed by atoms with Crippen molar-refractivity contribution in [3.8, 4) is 0 Å². The molecule has 0 saturated carbocycles. The zero-order chi connectivity index (χ0) is 11.5. The van der Waals surface area contributed by atoms with E-state index in [1.807, 2.05) is 18.2 Å². The summed E-state index contributed by atoms with van der Waals surface area (Å²) in [5, 5.41) is 0.666. The van der Waals surface area contributed by atoms with Crippen LogP contribution in [0.1, 0.15) is 16.8 Å². The highest BCUT2D eigenvalue weighted by molar-refractivity contribution is 7.82. The molecule has 0 aliphatic heterocycles. The number of hydrogen-bond acceptors (Lipinski definition) is 4. The molecule has 4 heteroatoms. The topological polar surface area (TPSA) is 30.2 Å². The van der Waals surface area contributed by atoms with Gasteiger partial charge in [0.25, 0.3) is 0 Å². The molecule has 2 nitrogen and oxygen atoms in total. The van der Waals surface area contributed by atoms with Crippen molar-refractivity contribution in [1.82, 2.24) is 0 Å². The summed E-state index contributed by atoms with van der Waals surface area (Å²) in [6.45, 7) is 0. The van der Waals surface area contributed by atoms with Gasteiger partial charge >= 0.3 is 0 Å². The number of ketones is 1. The number of thiol groups is 2. The Morgan fingerprint density at radius 3 is 2.94 bits per heavy atom. The maximum absolute atomic E-state index is 12.0. The van der Waals surface area contributed by atoms with Crippen LogP contribution in [0.2, 0.25) is 0 Å². The molecule has 0 N–H and O–H groups in total. The van der Waals surface area contributed by atoms with Crippen molar-refractivity contribution in [1.29, 1.82) is 0 Å². The fourth-order valence-electron chi connectivity index (χ4n) is 1.57. The van der Waals surface area contributed by atoms with Crippen LogP contribution in [0.15, 0.2) is 34.9 Å². The molecule has 0 aliphatic carbocycles. The summed E-state index contributed by atoms with van der Waals surface area (Å²) in [5.41, 5.74) is 1.47. The van der Waals surface area contributed by atoms with Gasteiger partial charge in [-0.05, 0) is 36.4 Å². The highest BCUT2D eigenvalue weighted by Crippen LogP contribution is 2.19. The van der Waals surface area contributed by atoms with Crippen LogP contribution < -0.4 is 0 Å². The van der Waals surface area contributed by atoms with Crippen molar-refractivity contribution < 1.29 is 9.21 Å². The van der Waals surface area contributed by atoms with Crippen LogP contribution in [0.25, 0.3) is 11.0 Å². The third-order valence-electron chi connectivity index (χ3n) is 2.44. The predicted molar refractivity (Wildman–Crippen MR) is 71.8 cm³/mol. The Balaban J connectivity index is 2.28. The maximum atomic E-state index is 12.0. The van der Waals surface area contributed by atoms with Gasteiger partial charge in [-0.3, -0.25) is 4.79 Å². The molecular formula is C12H12O2S2. The number of carbonyl (C=O) groups is 1. The third kappa shape index (κ3) is 2.28. The fourth-order valence-corrected chi connectivity index (χ4v) is 2.31. The molecular weight excluding hydrogens is 240 g/mol. The van der Waals surface area contributed by atoms with E-state index in [4.69, 9.17) is 4.42 Å². The first kappa shape index (κ1) is 11.6. The first-order valence-corrected chi connectivity index (χ1v) is 6.17. The van der Waals surface area contributed by atoms with E-state index in [1.165, 1.54) is 0 Å². The zero-order valence-electron chi connectivity index (χ0n) is 8.59. The molecule has 84 valence electrons. The molecule has 2 aromatic rings. The van der Waals surface area contributed by atoms with Gasteiger partial charge < -0.3 is 4.42 Å². The van der Waals surface area contributed by atoms with E-state index in [-0.39, 0.29) is 11.0 Å². The molecule has 0 fully saturated rings. The minimum Gasteiger partial charge on any atom is -0.464 e. The summed E-state index contributed by atoms with van der Waals surface area (Å²) >= 11 is 8.37. The number of carbonyl (C=O) groups excluding carboxylic acids is 1. The normalized spacial score (nSPS) is 12.9. The number of benzene rings is 1. The SMILES string of the molecule is O=C(c1ccc2occc2c1)C(S)CCS. The average Bonchev–Trinajstić information content (AvgIpc) is 2.75. The van der Waals surface area contributed by atoms with Gasteiger partial charge in [0.1, 0.15) is 5.58 Å². The molecule has 1 unspecified atom stereocenters. The van der Waals surface area contributed by atoms with Crippen molar-refractivity contribution in [2.75, 3.05) is 5.75 Å². The van der Waals surface area contributed by atoms with E-state index in [2.05, 4.69) is 25.3 Å². The van der Waals surface area contributed by atoms with Crippen molar-refractivity contribution in [3.63, 3.8) is 0 Å². The van der Waals surface area contributed by atoms with E-state index in [0.29, 0.717) is 17.7 Å². The van der Waals surface area contributed by atoms with E-state index in [0.717, 1.165) is 11.0 Å². The lowest BCUT2D eigenvalue weighted by Crippen LogP contribution is -2.15. The average molecular weight is 252 g/mol. The Kier molecular flexibility index (Phi) is 3.61. The van der Waals surface area contributed by atoms with Crippen LogP contribution in [0.4, 0.5) is 0 Å². The van der Waals surface area contributed by atoms with Crippen LogP contribution in [0.3, 0.4) is 0 Å². The molecule has 0 bridgehead atoms. The van der Waals surface area contributed by atoms with Gasteiger partial charge in [-0.2, -0.15) is 25.3 Å². The van der Waals surface area contributed by atoms with Crippen molar-refractivity contribution in [2.45, 2.75) is 11.7 Å². The zero-order valence-corrected chi connectivity index (χ0v) is 10.4. The van der Waals surface area contributed by atoms with Gasteiger partial charge in [-0.15, -0.1) is 0 Å². The van der Waals surface area contributed by atoms with Gasteiger partial charge in [0.2, 0.25) is 0 Å². The molecule has 2 rings (SSSR count). The van der Waals surface area contributed by atoms with Gasteiger partial charge in [0.15, 0.2) is 5.78 Å². The lowest BCUT2D eigenvalue weighted by Gasteiger charge is -2.07. The van der Waals surface area contributed by atoms with Crippen LogP contribution in [0, 0.1) is 0 Å². The molecule has 0 spiro atoms. The van der Waals surface area contributed by atoms with Gasteiger partial charge in [0, 0.05) is 10.9 Å². The van der Waals surface area contributed by atoms with E-state index in [1.54, 1.807) is 12.3 Å². The quantitative estimate of drug-likeness (QED) is 0.646. The first-order chi connectivity index (χ1) is 7.72. The number of hydrogen-bond donors (Lipinski definition) is 2. The lowest BCUT2D eigenvalue weighted by atomic mass is 10.1. The van der Waals surface area contributed by atoms with E-state index in [9.17, 15) is 4.79 Å². The van der Waals surface area contributed by atoms with E-state index < -0.39 is 0 Å². The Hall–Kier alpha value is -0.870. The maximum Gasteiger partial charge on any atom is 0.175 e. The number of fused-ring (bicyclic) bond motifs is 1. The Morgan fingerprint density at radius 2 is 2.19 bits per heavy atom. The van der Waals surface area contributed by atoms with E-state index >= 15 is 0 Å². The first-order valence-electron chi connectivity index (χ1n) is 5.03. The summed E-state index contributed by atoms with van der Waals surface area (Å²) in [5.74, 6) is 0.703. The van der Waals surface area contributed by atoms with Crippen molar-refractivity contribution in [3.05, 3.63) is 36.1 Å². The van der Waals surface area contributed by atoms with Crippen molar-refractivity contribution >= 4 is 42.0 Å². The second-order valence-corrected chi connectivity index (χ2v) is 4.64. The summed E-state index contributed by atoms with van der Waals surface area (Å²) in [4.78, 5) is 12.0. The second kappa shape index (κ2) is 4.97. The monoisotopic (exact) mass is 252 g/mol. The molecule has 1 heterocycles. The Morgan fingerprint density at radius 1 is 1.38 bits per heavy atom. The minimum absolute atomic E-state index is 0.0421. The molecule has 0 aliphatic rings. The largest absolute Gasteiger partial charge is 0.464 e. The third-order valence-corrected chi connectivity index (χ3v) is 3.19. The van der Waals surface area contributed by atoms with Gasteiger partial charge in [0.05, 0.1) is 11.5 Å². The lowest BCUT2D eigenvalue weighted by molar-refractivity contribution is 0.0989. The number of Topliss-reactive ketones (excluding diaryl/α,β-unsaturated/α-hetero) is 1. The van der Waals surface area contributed by atoms with Crippen LogP contribution >= 0.6 is 25.3 Å². The summed E-state index contributed by atoms with van der Waals surface area (Å²) in [6, 6.07) is 7.26. The van der Waals surface area contributed by atoms with Crippen LogP contribution in [-0.4, -0.2) is 16.8 Å². The van der Waals surface area contributed by atoms with Crippen LogP contribution in [-0.2, 0) is 0 Å². The molecule has 16 heavy (non-hydrogen) atoms. The molecule has 0 saturated heterocycles. The molecule has 0 amide bonds. The number of furan rings is 1. The fraction of sp³-hybridized carbons (Fsp3) is 0.250. The van der Waals surface area contributed by atoms with Crippen LogP contribution in [0.5, 0.6) is 0 Å². The second-order valence-electron chi connectivity index (χ2n) is 3.57. The Bertz CT molecular complexity index is 504. The summed E-state index contributed by atoms with van der Waals surface area (Å²) < 4.78 is 5.22. The molecule has 1 aromatic carbocycles. The van der Waals surface area contributed by atoms with Gasteiger partial charge in [-0.25, -0.2) is 0 Å². The number of rotatable bonds is 4. The van der Waals surface area contributed by atoms with Gasteiger partial charge in [-0.1, -0.05) is 0 Å².